The second kappa shape index (κ2) is 8.32. The van der Waals surface area contributed by atoms with Crippen molar-refractivity contribution in [3.63, 3.8) is 0 Å². The lowest BCUT2D eigenvalue weighted by Crippen LogP contribution is -2.16. The number of aromatic nitrogens is 3. The highest BCUT2D eigenvalue weighted by Gasteiger charge is 2.22. The van der Waals surface area contributed by atoms with Gasteiger partial charge in [0.2, 0.25) is 5.78 Å². The van der Waals surface area contributed by atoms with E-state index in [0.29, 0.717) is 11.3 Å². The number of thiophene rings is 1. The molecule has 0 radical (unpaired) electrons. The lowest BCUT2D eigenvalue weighted by atomic mass is 10.1. The van der Waals surface area contributed by atoms with Crippen molar-refractivity contribution < 1.29 is 14.3 Å². The van der Waals surface area contributed by atoms with E-state index < -0.39 is 5.97 Å². The van der Waals surface area contributed by atoms with E-state index in [1.165, 1.54) is 9.56 Å². The van der Waals surface area contributed by atoms with E-state index in [2.05, 4.69) is 21.1 Å². The fourth-order valence-electron chi connectivity index (χ4n) is 3.25. The molecule has 8 heteroatoms. The number of carbonyl (C=O) groups is 2. The smallest absolute Gasteiger partial charge is 0.343 e. The van der Waals surface area contributed by atoms with E-state index in [-0.39, 0.29) is 23.1 Å². The predicted octanol–water partition coefficient (Wildman–Crippen LogP) is 4.14. The number of aryl methyl sites for hydroxylation is 4. The molecule has 0 spiro atoms. The Hall–Kier alpha value is -2.38. The van der Waals surface area contributed by atoms with Crippen molar-refractivity contribution in [2.24, 2.45) is 7.05 Å². The van der Waals surface area contributed by atoms with E-state index in [4.69, 9.17) is 16.3 Å². The van der Waals surface area contributed by atoms with Gasteiger partial charge in [-0.1, -0.05) is 17.7 Å². The topological polar surface area (TPSA) is 66.1 Å². The van der Waals surface area contributed by atoms with Gasteiger partial charge in [0.1, 0.15) is 10.7 Å². The van der Waals surface area contributed by atoms with Gasteiger partial charge in [0.05, 0.1) is 5.69 Å². The highest BCUT2D eigenvalue weighted by atomic mass is 35.5. The molecule has 0 aliphatic carbocycles. The zero-order chi connectivity index (χ0) is 20.4. The van der Waals surface area contributed by atoms with Crippen LogP contribution in [-0.4, -0.2) is 32.7 Å². The van der Waals surface area contributed by atoms with Crippen molar-refractivity contribution in [2.75, 3.05) is 6.61 Å². The van der Waals surface area contributed by atoms with Gasteiger partial charge in [-0.15, -0.1) is 11.3 Å². The maximum atomic E-state index is 12.6. The van der Waals surface area contributed by atoms with Crippen LogP contribution in [0.25, 0.3) is 0 Å². The quantitative estimate of drug-likeness (QED) is 0.426. The Balaban J connectivity index is 1.67. The summed E-state index contributed by atoms with van der Waals surface area (Å²) in [7, 11) is 1.64. The standard InChI is InChI=1S/C20H22ClN3O3S/c1-12-10-16(14(3)24(12)8-7-15-6-5-9-28-15)17(25)11-27-20(26)18-13(2)22-23(4)19(18)21/h5-6,9-10H,7-8,11H2,1-4H3. The third-order valence-corrected chi connectivity index (χ3v) is 6.10. The Labute approximate surface area is 172 Å². The van der Waals surface area contributed by atoms with Crippen LogP contribution < -0.4 is 0 Å². The van der Waals surface area contributed by atoms with Crippen molar-refractivity contribution >= 4 is 34.7 Å². The van der Waals surface area contributed by atoms with Crippen LogP contribution >= 0.6 is 22.9 Å². The zero-order valence-corrected chi connectivity index (χ0v) is 17.9. The van der Waals surface area contributed by atoms with Gasteiger partial charge in [-0.3, -0.25) is 9.48 Å². The summed E-state index contributed by atoms with van der Waals surface area (Å²) in [5.41, 5.74) is 3.13. The molecule has 0 aliphatic heterocycles. The van der Waals surface area contributed by atoms with Crippen LogP contribution in [0, 0.1) is 20.8 Å². The Morgan fingerprint density at radius 3 is 2.64 bits per heavy atom. The first-order valence-electron chi connectivity index (χ1n) is 8.88. The number of halogens is 1. The molecule has 3 rings (SSSR count). The first-order chi connectivity index (χ1) is 13.3. The molecule has 6 nitrogen and oxygen atoms in total. The normalized spacial score (nSPS) is 11.0. The zero-order valence-electron chi connectivity index (χ0n) is 16.3. The van der Waals surface area contributed by atoms with Crippen LogP contribution in [0.3, 0.4) is 0 Å². The Morgan fingerprint density at radius 2 is 2.04 bits per heavy atom. The van der Waals surface area contributed by atoms with Gasteiger partial charge < -0.3 is 9.30 Å². The summed E-state index contributed by atoms with van der Waals surface area (Å²) >= 11 is 7.80. The molecule has 0 saturated carbocycles. The van der Waals surface area contributed by atoms with Gasteiger partial charge in [-0.25, -0.2) is 4.79 Å². The molecule has 3 aromatic heterocycles. The molecule has 0 bridgehead atoms. The van der Waals surface area contributed by atoms with E-state index in [9.17, 15) is 9.59 Å². The van der Waals surface area contributed by atoms with Gasteiger partial charge in [0.15, 0.2) is 6.61 Å². The number of hydrogen-bond donors (Lipinski definition) is 0. The summed E-state index contributed by atoms with van der Waals surface area (Å²) in [6.45, 7) is 6.03. The van der Waals surface area contributed by atoms with Crippen LogP contribution in [0.1, 0.15) is 42.7 Å². The van der Waals surface area contributed by atoms with Crippen LogP contribution in [0.15, 0.2) is 23.6 Å². The van der Waals surface area contributed by atoms with Crippen molar-refractivity contribution in [3.8, 4) is 0 Å². The minimum atomic E-state index is -0.643. The number of carbonyl (C=O) groups excluding carboxylic acids is 2. The molecule has 3 heterocycles. The second-order valence-corrected chi connectivity index (χ2v) is 8.03. The first kappa shape index (κ1) is 20.4. The highest BCUT2D eigenvalue weighted by Crippen LogP contribution is 2.21. The first-order valence-corrected chi connectivity index (χ1v) is 10.1. The minimum Gasteiger partial charge on any atom is -0.454 e. The average Bonchev–Trinajstić information content (AvgIpc) is 3.32. The Bertz CT molecular complexity index is 1020. The Morgan fingerprint density at radius 1 is 1.29 bits per heavy atom. The van der Waals surface area contributed by atoms with Gasteiger partial charge in [0.25, 0.3) is 0 Å². The fourth-order valence-corrected chi connectivity index (χ4v) is 4.20. The molecule has 0 fully saturated rings. The summed E-state index contributed by atoms with van der Waals surface area (Å²) in [5, 5.41) is 6.34. The molecule has 0 unspecified atom stereocenters. The predicted molar refractivity (Wildman–Crippen MR) is 109 cm³/mol. The maximum absolute atomic E-state index is 12.6. The molecule has 0 saturated heterocycles. The number of rotatable bonds is 7. The van der Waals surface area contributed by atoms with E-state index in [0.717, 1.165) is 24.4 Å². The van der Waals surface area contributed by atoms with E-state index in [1.54, 1.807) is 25.3 Å². The summed E-state index contributed by atoms with van der Waals surface area (Å²) in [6.07, 6.45) is 0.912. The SMILES string of the molecule is Cc1nn(C)c(Cl)c1C(=O)OCC(=O)c1cc(C)n(CCc2cccs2)c1C. The number of hydrogen-bond acceptors (Lipinski definition) is 5. The molecule has 28 heavy (non-hydrogen) atoms. The Kier molecular flexibility index (Phi) is 6.05. The third-order valence-electron chi connectivity index (χ3n) is 4.73. The van der Waals surface area contributed by atoms with Crippen molar-refractivity contribution in [2.45, 2.75) is 33.7 Å². The molecule has 0 aliphatic rings. The minimum absolute atomic E-state index is 0.193. The summed E-state index contributed by atoms with van der Waals surface area (Å²) in [6, 6.07) is 5.99. The van der Waals surface area contributed by atoms with Crippen molar-refractivity contribution in [3.05, 3.63) is 61.8 Å². The molecule has 0 aromatic carbocycles. The highest BCUT2D eigenvalue weighted by molar-refractivity contribution is 7.09. The molecule has 3 aromatic rings. The number of esters is 1. The number of ether oxygens (including phenoxy) is 1. The summed E-state index contributed by atoms with van der Waals surface area (Å²) in [4.78, 5) is 26.2. The molecular formula is C20H22ClN3O3S. The van der Waals surface area contributed by atoms with E-state index in [1.807, 2.05) is 26.0 Å². The largest absolute Gasteiger partial charge is 0.454 e. The molecule has 148 valence electrons. The summed E-state index contributed by atoms with van der Waals surface area (Å²) < 4.78 is 8.73. The average molecular weight is 420 g/mol. The number of nitrogens with zero attached hydrogens (tertiary/aromatic N) is 3. The fraction of sp³-hybridized carbons (Fsp3) is 0.350. The van der Waals surface area contributed by atoms with Crippen molar-refractivity contribution in [1.29, 1.82) is 0 Å². The van der Waals surface area contributed by atoms with Crippen LogP contribution in [0.2, 0.25) is 5.15 Å². The van der Waals surface area contributed by atoms with Gasteiger partial charge in [0, 0.05) is 35.4 Å². The second-order valence-electron chi connectivity index (χ2n) is 6.64. The lowest BCUT2D eigenvalue weighted by molar-refractivity contribution is 0.0474. The molecular weight excluding hydrogens is 398 g/mol. The third kappa shape index (κ3) is 4.05. The monoisotopic (exact) mass is 419 g/mol. The molecule has 0 atom stereocenters. The van der Waals surface area contributed by atoms with Crippen molar-refractivity contribution in [1.82, 2.24) is 14.3 Å². The molecule has 0 amide bonds. The maximum Gasteiger partial charge on any atom is 0.343 e. The van der Waals surface area contributed by atoms with Crippen LogP contribution in [0.4, 0.5) is 0 Å². The van der Waals surface area contributed by atoms with Gasteiger partial charge >= 0.3 is 5.97 Å². The molecule has 0 N–H and O–H groups in total. The van der Waals surface area contributed by atoms with E-state index >= 15 is 0 Å². The van der Waals surface area contributed by atoms with Crippen LogP contribution in [-0.2, 0) is 24.8 Å². The number of Topliss-reactive ketones (excluding diaryl/α,β-unsaturated/α-hetero) is 1. The van der Waals surface area contributed by atoms with Gasteiger partial charge in [-0.05, 0) is 44.7 Å². The number of ketones is 1. The van der Waals surface area contributed by atoms with Gasteiger partial charge in [-0.2, -0.15) is 5.10 Å². The summed E-state index contributed by atoms with van der Waals surface area (Å²) in [5.74, 6) is -0.878. The van der Waals surface area contributed by atoms with Crippen LogP contribution in [0.5, 0.6) is 0 Å². The lowest BCUT2D eigenvalue weighted by Gasteiger charge is -2.09.